The highest BCUT2D eigenvalue weighted by Crippen LogP contribution is 2.31. The van der Waals surface area contributed by atoms with E-state index in [9.17, 15) is 8.42 Å². The second kappa shape index (κ2) is 8.76. The van der Waals surface area contributed by atoms with Crippen molar-refractivity contribution in [3.8, 4) is 34.2 Å². The minimum atomic E-state index is -3.85. The minimum Gasteiger partial charge on any atom is -0.493 e. The topological polar surface area (TPSA) is 90.7 Å². The van der Waals surface area contributed by atoms with Crippen molar-refractivity contribution < 1.29 is 22.3 Å². The summed E-state index contributed by atoms with van der Waals surface area (Å²) in [5.74, 6) is 1.17. The van der Waals surface area contributed by atoms with E-state index in [0.29, 0.717) is 34.3 Å². The van der Waals surface area contributed by atoms with Crippen LogP contribution in [-0.4, -0.2) is 27.6 Å². The first-order chi connectivity index (χ1) is 15.4. The van der Waals surface area contributed by atoms with Gasteiger partial charge in [-0.2, -0.15) is 0 Å². The van der Waals surface area contributed by atoms with E-state index in [4.69, 9.17) is 13.9 Å². The van der Waals surface area contributed by atoms with E-state index in [1.807, 2.05) is 31.2 Å². The number of aromatic nitrogens is 1. The van der Waals surface area contributed by atoms with Crippen molar-refractivity contribution >= 4 is 15.7 Å². The van der Waals surface area contributed by atoms with Gasteiger partial charge in [-0.25, -0.2) is 13.4 Å². The highest BCUT2D eigenvalue weighted by Gasteiger charge is 2.18. The lowest BCUT2D eigenvalue weighted by atomic mass is 10.1. The van der Waals surface area contributed by atoms with Crippen molar-refractivity contribution in [1.82, 2.24) is 4.98 Å². The number of nitrogens with zero attached hydrogens (tertiary/aromatic N) is 1. The van der Waals surface area contributed by atoms with Gasteiger partial charge in [0, 0.05) is 22.9 Å². The fraction of sp³-hybridized carbons (Fsp3) is 0.125. The predicted octanol–water partition coefficient (Wildman–Crippen LogP) is 5.14. The average Bonchev–Trinajstić information content (AvgIpc) is 3.29. The molecule has 0 atom stereocenters. The molecule has 8 heteroatoms. The van der Waals surface area contributed by atoms with Crippen molar-refractivity contribution in [2.24, 2.45) is 0 Å². The number of aryl methyl sites for hydroxylation is 1. The second-order valence-electron chi connectivity index (χ2n) is 7.11. The third-order valence-corrected chi connectivity index (χ3v) is 6.26. The Morgan fingerprint density at radius 2 is 1.62 bits per heavy atom. The summed E-state index contributed by atoms with van der Waals surface area (Å²) in [6, 6.07) is 19.2. The molecule has 0 saturated carbocycles. The molecular formula is C24H22N2O5S. The van der Waals surface area contributed by atoms with Crippen molar-refractivity contribution in [2.45, 2.75) is 11.8 Å². The maximum Gasteiger partial charge on any atom is 0.262 e. The zero-order valence-corrected chi connectivity index (χ0v) is 18.6. The number of hydrogen-bond acceptors (Lipinski definition) is 6. The summed E-state index contributed by atoms with van der Waals surface area (Å²) in [6.45, 7) is 2.02. The molecule has 32 heavy (non-hydrogen) atoms. The molecule has 0 aliphatic heterocycles. The normalized spacial score (nSPS) is 11.2. The van der Waals surface area contributed by atoms with Gasteiger partial charge in [0.1, 0.15) is 12.0 Å². The van der Waals surface area contributed by atoms with Gasteiger partial charge in [-0.05, 0) is 37.3 Å². The summed E-state index contributed by atoms with van der Waals surface area (Å²) < 4.78 is 44.4. The Labute approximate surface area is 186 Å². The fourth-order valence-corrected chi connectivity index (χ4v) is 4.24. The van der Waals surface area contributed by atoms with Crippen molar-refractivity contribution in [3.05, 3.63) is 78.6 Å². The van der Waals surface area contributed by atoms with Crippen LogP contribution in [0.5, 0.6) is 11.5 Å². The first-order valence-electron chi connectivity index (χ1n) is 9.77. The van der Waals surface area contributed by atoms with Crippen LogP contribution in [0.25, 0.3) is 22.7 Å². The number of rotatable bonds is 7. The van der Waals surface area contributed by atoms with Crippen molar-refractivity contribution in [3.63, 3.8) is 0 Å². The first kappa shape index (κ1) is 21.5. The number of sulfonamides is 1. The van der Waals surface area contributed by atoms with E-state index in [0.717, 1.165) is 11.1 Å². The lowest BCUT2D eigenvalue weighted by molar-refractivity contribution is 0.354. The zero-order valence-electron chi connectivity index (χ0n) is 17.8. The Morgan fingerprint density at radius 1 is 0.875 bits per heavy atom. The minimum absolute atomic E-state index is 0.0540. The Balaban J connectivity index is 1.59. The molecule has 0 radical (unpaired) electrons. The van der Waals surface area contributed by atoms with Crippen LogP contribution in [0.3, 0.4) is 0 Å². The molecule has 0 spiro atoms. The molecule has 1 aromatic heterocycles. The Hall–Kier alpha value is -3.78. The van der Waals surface area contributed by atoms with Gasteiger partial charge in [0.25, 0.3) is 10.0 Å². The Bertz CT molecular complexity index is 1350. The monoisotopic (exact) mass is 450 g/mol. The summed E-state index contributed by atoms with van der Waals surface area (Å²) in [7, 11) is -0.909. The van der Waals surface area contributed by atoms with E-state index in [-0.39, 0.29) is 4.90 Å². The molecular weight excluding hydrogens is 428 g/mol. The van der Waals surface area contributed by atoms with Crippen LogP contribution in [0.1, 0.15) is 5.56 Å². The Kier molecular flexibility index (Phi) is 5.87. The molecule has 164 valence electrons. The predicted molar refractivity (Wildman–Crippen MR) is 122 cm³/mol. The zero-order chi connectivity index (χ0) is 22.7. The highest BCUT2D eigenvalue weighted by molar-refractivity contribution is 7.92. The molecule has 0 amide bonds. The quantitative estimate of drug-likeness (QED) is 0.419. The Morgan fingerprint density at radius 3 is 2.34 bits per heavy atom. The van der Waals surface area contributed by atoms with Crippen LogP contribution in [0.2, 0.25) is 0 Å². The van der Waals surface area contributed by atoms with Crippen LogP contribution in [0.15, 0.2) is 82.3 Å². The SMILES string of the molecule is COc1ccc(S(=O)(=O)Nc2cccc(-c3nc(-c4ccc(C)cc4)co3)c2)cc1OC. The fourth-order valence-electron chi connectivity index (χ4n) is 3.18. The van der Waals surface area contributed by atoms with Gasteiger partial charge in [-0.1, -0.05) is 35.9 Å². The van der Waals surface area contributed by atoms with Crippen LogP contribution in [0, 0.1) is 6.92 Å². The van der Waals surface area contributed by atoms with Gasteiger partial charge in [0.05, 0.1) is 19.1 Å². The number of benzene rings is 3. The van der Waals surface area contributed by atoms with E-state index in [1.54, 1.807) is 36.6 Å². The average molecular weight is 451 g/mol. The van der Waals surface area contributed by atoms with Gasteiger partial charge < -0.3 is 13.9 Å². The molecule has 1 N–H and O–H groups in total. The van der Waals surface area contributed by atoms with E-state index in [1.165, 1.54) is 26.4 Å². The molecule has 4 aromatic rings. The maximum atomic E-state index is 12.9. The molecule has 0 aliphatic rings. The number of ether oxygens (including phenoxy) is 2. The first-order valence-corrected chi connectivity index (χ1v) is 11.3. The molecule has 3 aromatic carbocycles. The number of anilines is 1. The van der Waals surface area contributed by atoms with Crippen molar-refractivity contribution in [2.75, 3.05) is 18.9 Å². The van der Waals surface area contributed by atoms with Crippen LogP contribution in [0.4, 0.5) is 5.69 Å². The third kappa shape index (κ3) is 4.45. The standard InChI is InChI=1S/C24H22N2O5S/c1-16-7-9-17(10-8-16)21-15-31-24(25-21)18-5-4-6-19(13-18)26-32(27,28)20-11-12-22(29-2)23(14-20)30-3/h4-15,26H,1-3H3. The summed E-state index contributed by atoms with van der Waals surface area (Å²) >= 11 is 0. The van der Waals surface area contributed by atoms with Gasteiger partial charge in [0.2, 0.25) is 5.89 Å². The largest absolute Gasteiger partial charge is 0.493 e. The maximum absolute atomic E-state index is 12.9. The molecule has 7 nitrogen and oxygen atoms in total. The van der Waals surface area contributed by atoms with E-state index >= 15 is 0 Å². The van der Waals surface area contributed by atoms with Crippen LogP contribution >= 0.6 is 0 Å². The third-order valence-electron chi connectivity index (χ3n) is 4.88. The van der Waals surface area contributed by atoms with Gasteiger partial charge in [-0.15, -0.1) is 0 Å². The number of hydrogen-bond donors (Lipinski definition) is 1. The summed E-state index contributed by atoms with van der Waals surface area (Å²) in [5, 5.41) is 0. The van der Waals surface area contributed by atoms with Crippen LogP contribution in [-0.2, 0) is 10.0 Å². The lowest BCUT2D eigenvalue weighted by Gasteiger charge is -2.12. The molecule has 0 saturated heterocycles. The van der Waals surface area contributed by atoms with Crippen LogP contribution < -0.4 is 14.2 Å². The van der Waals surface area contributed by atoms with Gasteiger partial charge in [-0.3, -0.25) is 4.72 Å². The molecule has 0 fully saturated rings. The molecule has 0 bridgehead atoms. The van der Waals surface area contributed by atoms with Crippen molar-refractivity contribution in [1.29, 1.82) is 0 Å². The van der Waals surface area contributed by atoms with Gasteiger partial charge in [0.15, 0.2) is 11.5 Å². The van der Waals surface area contributed by atoms with E-state index < -0.39 is 10.0 Å². The molecule has 1 heterocycles. The summed E-state index contributed by atoms with van der Waals surface area (Å²) in [4.78, 5) is 4.60. The van der Waals surface area contributed by atoms with E-state index in [2.05, 4.69) is 9.71 Å². The summed E-state index contributed by atoms with van der Waals surface area (Å²) in [5.41, 5.74) is 3.84. The second-order valence-corrected chi connectivity index (χ2v) is 8.79. The molecule has 0 unspecified atom stereocenters. The molecule has 0 aliphatic carbocycles. The summed E-state index contributed by atoms with van der Waals surface area (Å²) in [6.07, 6.45) is 1.58. The lowest BCUT2D eigenvalue weighted by Crippen LogP contribution is -2.13. The smallest absolute Gasteiger partial charge is 0.262 e. The number of nitrogens with one attached hydrogen (secondary N) is 1. The molecule has 4 rings (SSSR count). The number of methoxy groups -OCH3 is 2. The number of oxazole rings is 1. The highest BCUT2D eigenvalue weighted by atomic mass is 32.2. The van der Waals surface area contributed by atoms with Gasteiger partial charge >= 0.3 is 0 Å².